The maximum absolute atomic E-state index is 12.7. The van der Waals surface area contributed by atoms with Gasteiger partial charge in [0.1, 0.15) is 5.58 Å². The van der Waals surface area contributed by atoms with Crippen molar-refractivity contribution in [3.05, 3.63) is 58.8 Å². The number of anilines is 2. The molecule has 0 bridgehead atoms. The highest BCUT2D eigenvalue weighted by Crippen LogP contribution is 2.29. The fourth-order valence-corrected chi connectivity index (χ4v) is 3.45. The van der Waals surface area contributed by atoms with E-state index in [1.54, 1.807) is 19.3 Å². The van der Waals surface area contributed by atoms with E-state index in [1.165, 1.54) is 11.1 Å². The first-order valence-corrected chi connectivity index (χ1v) is 9.99. The second-order valence-electron chi connectivity index (χ2n) is 7.78. The van der Waals surface area contributed by atoms with Gasteiger partial charge in [0, 0.05) is 28.7 Å². The number of carbonyl (C=O) groups is 2. The van der Waals surface area contributed by atoms with Crippen LogP contribution in [0, 0.1) is 13.8 Å². The van der Waals surface area contributed by atoms with E-state index in [1.807, 2.05) is 25.1 Å². The number of nitrogens with one attached hydrogen (secondary N) is 2. The van der Waals surface area contributed by atoms with Crippen molar-refractivity contribution >= 4 is 34.2 Å². The minimum absolute atomic E-state index is 0.0627. The van der Waals surface area contributed by atoms with Crippen LogP contribution < -0.4 is 10.6 Å². The molecule has 0 radical (unpaired) electrons. The van der Waals surface area contributed by atoms with E-state index in [9.17, 15) is 9.59 Å². The molecule has 3 aromatic rings. The number of furan rings is 1. The Hall–Kier alpha value is -3.08. The van der Waals surface area contributed by atoms with Crippen molar-refractivity contribution in [1.82, 2.24) is 0 Å². The minimum Gasteiger partial charge on any atom is -0.464 e. The molecule has 0 atom stereocenters. The van der Waals surface area contributed by atoms with Crippen LogP contribution in [0.2, 0.25) is 0 Å². The zero-order valence-electron chi connectivity index (χ0n) is 17.7. The van der Waals surface area contributed by atoms with Gasteiger partial charge >= 0.3 is 0 Å². The summed E-state index contributed by atoms with van der Waals surface area (Å²) in [5.41, 5.74) is 6.42. The van der Waals surface area contributed by atoms with Crippen LogP contribution in [0.15, 0.2) is 41.0 Å². The van der Waals surface area contributed by atoms with Gasteiger partial charge in [-0.25, -0.2) is 0 Å². The summed E-state index contributed by atoms with van der Waals surface area (Å²) in [6.07, 6.45) is 2.29. The fraction of sp³-hybridized carbons (Fsp3) is 0.333. The first-order chi connectivity index (χ1) is 13.8. The predicted octanol–water partition coefficient (Wildman–Crippen LogP) is 5.70. The Bertz CT molecular complexity index is 1060. The van der Waals surface area contributed by atoms with Crippen molar-refractivity contribution < 1.29 is 14.0 Å². The molecule has 1 heterocycles. The number of rotatable bonds is 6. The summed E-state index contributed by atoms with van der Waals surface area (Å²) < 4.78 is 5.69. The van der Waals surface area contributed by atoms with Gasteiger partial charge in [-0.05, 0) is 60.7 Å². The van der Waals surface area contributed by atoms with E-state index >= 15 is 0 Å². The Balaban J connectivity index is 1.80. The summed E-state index contributed by atoms with van der Waals surface area (Å²) in [4.78, 5) is 24.3. The van der Waals surface area contributed by atoms with Crippen molar-refractivity contribution in [3.8, 4) is 0 Å². The second kappa shape index (κ2) is 8.52. The van der Waals surface area contributed by atoms with Gasteiger partial charge in [0.05, 0.1) is 12.7 Å². The molecule has 2 N–H and O–H groups in total. The molecule has 5 heteroatoms. The molecular weight excluding hydrogens is 364 g/mol. The van der Waals surface area contributed by atoms with Crippen LogP contribution in [-0.2, 0) is 16.0 Å². The number of hydrogen-bond acceptors (Lipinski definition) is 3. The zero-order valence-corrected chi connectivity index (χ0v) is 17.7. The molecule has 3 rings (SSSR count). The Kier molecular flexibility index (Phi) is 6.06. The molecule has 0 unspecified atom stereocenters. The third-order valence-corrected chi connectivity index (χ3v) is 5.13. The van der Waals surface area contributed by atoms with E-state index in [-0.39, 0.29) is 18.2 Å². The van der Waals surface area contributed by atoms with Gasteiger partial charge in [-0.3, -0.25) is 9.59 Å². The molecule has 0 aliphatic heterocycles. The van der Waals surface area contributed by atoms with Gasteiger partial charge in [-0.1, -0.05) is 26.8 Å². The van der Waals surface area contributed by atoms with Gasteiger partial charge in [-0.2, -0.15) is 0 Å². The smallest absolute Gasteiger partial charge is 0.228 e. The van der Waals surface area contributed by atoms with Crippen molar-refractivity contribution in [1.29, 1.82) is 0 Å². The number of carbonyl (C=O) groups excluding carboxylic acids is 2. The van der Waals surface area contributed by atoms with Gasteiger partial charge in [0.25, 0.3) is 0 Å². The number of benzene rings is 2. The van der Waals surface area contributed by atoms with Crippen LogP contribution in [0.5, 0.6) is 0 Å². The van der Waals surface area contributed by atoms with Crippen molar-refractivity contribution in [3.63, 3.8) is 0 Å². The molecular formula is C24H28N2O3. The Morgan fingerprint density at radius 1 is 1.00 bits per heavy atom. The lowest BCUT2D eigenvalue weighted by Gasteiger charge is -2.12. The quantitative estimate of drug-likeness (QED) is 0.565. The van der Waals surface area contributed by atoms with Crippen LogP contribution in [0.3, 0.4) is 0 Å². The number of amides is 2. The predicted molar refractivity (Wildman–Crippen MR) is 117 cm³/mol. The highest BCUT2D eigenvalue weighted by atomic mass is 16.3. The first kappa shape index (κ1) is 20.6. The Morgan fingerprint density at radius 3 is 2.45 bits per heavy atom. The molecule has 0 aliphatic carbocycles. The molecule has 0 saturated heterocycles. The van der Waals surface area contributed by atoms with Crippen LogP contribution in [0.25, 0.3) is 11.0 Å². The highest BCUT2D eigenvalue weighted by molar-refractivity contribution is 5.97. The third-order valence-electron chi connectivity index (χ3n) is 5.13. The summed E-state index contributed by atoms with van der Waals surface area (Å²) in [5, 5.41) is 6.76. The molecule has 0 spiro atoms. The molecule has 2 amide bonds. The van der Waals surface area contributed by atoms with E-state index < -0.39 is 0 Å². The van der Waals surface area contributed by atoms with Crippen molar-refractivity contribution in [2.75, 3.05) is 10.6 Å². The topological polar surface area (TPSA) is 71.3 Å². The Labute approximate surface area is 171 Å². The molecule has 0 fully saturated rings. The summed E-state index contributed by atoms with van der Waals surface area (Å²) >= 11 is 0. The van der Waals surface area contributed by atoms with E-state index in [0.717, 1.165) is 22.1 Å². The van der Waals surface area contributed by atoms with Gasteiger partial charge in [0.2, 0.25) is 11.8 Å². The van der Waals surface area contributed by atoms with Gasteiger partial charge < -0.3 is 15.1 Å². The summed E-state index contributed by atoms with van der Waals surface area (Å²) in [7, 11) is 0. The van der Waals surface area contributed by atoms with Crippen LogP contribution in [0.4, 0.5) is 11.4 Å². The molecule has 0 aliphatic rings. The number of hydrogen-bond donors (Lipinski definition) is 2. The largest absolute Gasteiger partial charge is 0.464 e. The van der Waals surface area contributed by atoms with E-state index in [0.29, 0.717) is 23.7 Å². The van der Waals surface area contributed by atoms with E-state index in [4.69, 9.17) is 4.42 Å². The average molecular weight is 392 g/mol. The van der Waals surface area contributed by atoms with Gasteiger partial charge in [0.15, 0.2) is 0 Å². The zero-order chi connectivity index (χ0) is 21.1. The van der Waals surface area contributed by atoms with E-state index in [2.05, 4.69) is 37.5 Å². The van der Waals surface area contributed by atoms with Gasteiger partial charge in [-0.15, -0.1) is 0 Å². The summed E-state index contributed by atoms with van der Waals surface area (Å²) in [6.45, 7) is 10.1. The second-order valence-corrected chi connectivity index (χ2v) is 7.78. The van der Waals surface area contributed by atoms with Crippen LogP contribution in [-0.4, -0.2) is 11.8 Å². The van der Waals surface area contributed by atoms with Crippen LogP contribution >= 0.6 is 0 Å². The lowest BCUT2D eigenvalue weighted by atomic mass is 9.95. The molecule has 0 saturated carbocycles. The maximum atomic E-state index is 12.7. The molecule has 152 valence electrons. The summed E-state index contributed by atoms with van der Waals surface area (Å²) in [6, 6.07) is 9.67. The van der Waals surface area contributed by atoms with Crippen molar-refractivity contribution in [2.45, 2.75) is 53.4 Å². The average Bonchev–Trinajstić information content (AvgIpc) is 3.04. The molecule has 29 heavy (non-hydrogen) atoms. The monoisotopic (exact) mass is 392 g/mol. The lowest BCUT2D eigenvalue weighted by molar-refractivity contribution is -0.116. The normalized spacial score (nSPS) is 11.1. The fourth-order valence-electron chi connectivity index (χ4n) is 3.45. The maximum Gasteiger partial charge on any atom is 0.228 e. The van der Waals surface area contributed by atoms with Crippen LogP contribution in [0.1, 0.15) is 55.4 Å². The minimum atomic E-state index is -0.124. The number of aryl methyl sites for hydroxylation is 2. The third kappa shape index (κ3) is 4.67. The molecule has 1 aromatic heterocycles. The lowest BCUT2D eigenvalue weighted by Crippen LogP contribution is -2.16. The Morgan fingerprint density at radius 2 is 1.76 bits per heavy atom. The standard InChI is InChI=1S/C24H28N2O3/c1-6-23(27)25-18-8-7-15(4)21(11-18)26-24(28)10-17-13-29-22-9-16(5)19(14(2)3)12-20(17)22/h7-9,11-14H,6,10H2,1-5H3,(H,25,27)(H,26,28). The number of fused-ring (bicyclic) bond motifs is 1. The first-order valence-electron chi connectivity index (χ1n) is 9.99. The summed E-state index contributed by atoms with van der Waals surface area (Å²) in [5.74, 6) is 0.216. The molecule has 2 aromatic carbocycles. The highest BCUT2D eigenvalue weighted by Gasteiger charge is 2.15. The van der Waals surface area contributed by atoms with Crippen molar-refractivity contribution in [2.24, 2.45) is 0 Å². The molecule has 5 nitrogen and oxygen atoms in total. The SMILES string of the molecule is CCC(=O)Nc1ccc(C)c(NC(=O)Cc2coc3cc(C)c(C(C)C)cc23)c1.